The fourth-order valence-electron chi connectivity index (χ4n) is 1.76. The summed E-state index contributed by atoms with van der Waals surface area (Å²) < 4.78 is 6.59. The molecule has 7 heteroatoms. The number of tetrazole rings is 1. The Kier molecular flexibility index (Phi) is 3.74. The van der Waals surface area contributed by atoms with Crippen LogP contribution in [0.4, 0.5) is 0 Å². The predicted molar refractivity (Wildman–Crippen MR) is 66.8 cm³/mol. The third-order valence-electron chi connectivity index (χ3n) is 2.73. The van der Waals surface area contributed by atoms with Crippen LogP contribution in [-0.4, -0.2) is 38.4 Å². The molecule has 1 N–H and O–H groups in total. The van der Waals surface area contributed by atoms with Gasteiger partial charge in [0.1, 0.15) is 5.75 Å². The Balaban J connectivity index is 2.29. The Labute approximate surface area is 109 Å². The number of aliphatic carboxylic acids is 1. The molecule has 100 valence electrons. The summed E-state index contributed by atoms with van der Waals surface area (Å²) >= 11 is 0. The highest BCUT2D eigenvalue weighted by Gasteiger charge is 2.17. The standard InChI is InChI=1S/C12H14N4O3/c1-8(7-11(17)18)16-12(13-14-15-16)9-3-5-10(19-2)6-4-9/h3-6,8H,7H2,1-2H3,(H,17,18). The van der Waals surface area contributed by atoms with E-state index in [4.69, 9.17) is 9.84 Å². The van der Waals surface area contributed by atoms with Crippen LogP contribution >= 0.6 is 0 Å². The quantitative estimate of drug-likeness (QED) is 0.875. The summed E-state index contributed by atoms with van der Waals surface area (Å²) in [4.78, 5) is 10.7. The van der Waals surface area contributed by atoms with E-state index in [-0.39, 0.29) is 12.5 Å². The van der Waals surface area contributed by atoms with Crippen molar-refractivity contribution >= 4 is 5.97 Å². The second-order valence-electron chi connectivity index (χ2n) is 4.12. The minimum absolute atomic E-state index is 0.0335. The van der Waals surface area contributed by atoms with Crippen molar-refractivity contribution < 1.29 is 14.6 Å². The monoisotopic (exact) mass is 262 g/mol. The predicted octanol–water partition coefficient (Wildman–Crippen LogP) is 1.38. The van der Waals surface area contributed by atoms with Crippen molar-refractivity contribution in [2.45, 2.75) is 19.4 Å². The molecule has 0 amide bonds. The number of aromatic nitrogens is 4. The first-order valence-electron chi connectivity index (χ1n) is 5.76. The molecule has 0 bridgehead atoms. The second-order valence-corrected chi connectivity index (χ2v) is 4.12. The van der Waals surface area contributed by atoms with Crippen molar-refractivity contribution in [1.82, 2.24) is 20.2 Å². The van der Waals surface area contributed by atoms with Gasteiger partial charge in [-0.25, -0.2) is 4.68 Å². The van der Waals surface area contributed by atoms with Gasteiger partial charge in [-0.2, -0.15) is 0 Å². The van der Waals surface area contributed by atoms with E-state index < -0.39 is 5.97 Å². The van der Waals surface area contributed by atoms with E-state index in [1.165, 1.54) is 4.68 Å². The first kappa shape index (κ1) is 13.0. The Morgan fingerprint density at radius 1 is 1.42 bits per heavy atom. The van der Waals surface area contributed by atoms with Gasteiger partial charge < -0.3 is 9.84 Å². The highest BCUT2D eigenvalue weighted by atomic mass is 16.5. The zero-order valence-corrected chi connectivity index (χ0v) is 10.6. The number of nitrogens with zero attached hydrogens (tertiary/aromatic N) is 4. The van der Waals surface area contributed by atoms with Gasteiger partial charge in [-0.05, 0) is 41.6 Å². The lowest BCUT2D eigenvalue weighted by Gasteiger charge is -2.11. The second kappa shape index (κ2) is 5.47. The van der Waals surface area contributed by atoms with Gasteiger partial charge in [0, 0.05) is 5.56 Å². The molecule has 0 aliphatic rings. The summed E-state index contributed by atoms with van der Waals surface area (Å²) in [5.74, 6) is 0.390. The minimum atomic E-state index is -0.885. The first-order valence-corrected chi connectivity index (χ1v) is 5.76. The van der Waals surface area contributed by atoms with Crippen molar-refractivity contribution in [2.75, 3.05) is 7.11 Å². The molecule has 0 fully saturated rings. The molecule has 1 atom stereocenters. The number of benzene rings is 1. The van der Waals surface area contributed by atoms with Crippen LogP contribution in [0.1, 0.15) is 19.4 Å². The van der Waals surface area contributed by atoms with E-state index in [0.717, 1.165) is 11.3 Å². The van der Waals surface area contributed by atoms with Crippen molar-refractivity contribution in [3.05, 3.63) is 24.3 Å². The number of carboxylic acid groups (broad SMARTS) is 1. The number of rotatable bonds is 5. The minimum Gasteiger partial charge on any atom is -0.497 e. The number of hydrogen-bond donors (Lipinski definition) is 1. The van der Waals surface area contributed by atoms with Gasteiger partial charge >= 0.3 is 5.97 Å². The van der Waals surface area contributed by atoms with Crippen molar-refractivity contribution in [3.63, 3.8) is 0 Å². The highest BCUT2D eigenvalue weighted by Crippen LogP contribution is 2.22. The average Bonchev–Trinajstić information content (AvgIpc) is 2.87. The lowest BCUT2D eigenvalue weighted by Crippen LogP contribution is -2.13. The summed E-state index contributed by atoms with van der Waals surface area (Å²) in [5, 5.41) is 20.2. The van der Waals surface area contributed by atoms with Crippen molar-refractivity contribution in [3.8, 4) is 17.1 Å². The van der Waals surface area contributed by atoms with Crippen LogP contribution in [0.15, 0.2) is 24.3 Å². The Morgan fingerprint density at radius 2 is 2.11 bits per heavy atom. The summed E-state index contributed by atoms with van der Waals surface area (Å²) in [6, 6.07) is 6.94. The Morgan fingerprint density at radius 3 is 2.68 bits per heavy atom. The summed E-state index contributed by atoms with van der Waals surface area (Å²) in [6.45, 7) is 1.76. The molecule has 0 radical (unpaired) electrons. The molecule has 0 aliphatic heterocycles. The molecule has 19 heavy (non-hydrogen) atoms. The van der Waals surface area contributed by atoms with E-state index in [2.05, 4.69) is 15.5 Å². The van der Waals surface area contributed by atoms with Gasteiger partial charge in [0.15, 0.2) is 5.82 Å². The largest absolute Gasteiger partial charge is 0.497 e. The third kappa shape index (κ3) is 2.87. The molecule has 1 heterocycles. The van der Waals surface area contributed by atoms with Gasteiger partial charge in [0.05, 0.1) is 19.6 Å². The molecular formula is C12H14N4O3. The normalized spacial score (nSPS) is 12.1. The molecule has 1 unspecified atom stereocenters. The molecular weight excluding hydrogens is 248 g/mol. The highest BCUT2D eigenvalue weighted by molar-refractivity contribution is 5.67. The van der Waals surface area contributed by atoms with Gasteiger partial charge in [-0.15, -0.1) is 5.10 Å². The van der Waals surface area contributed by atoms with E-state index >= 15 is 0 Å². The van der Waals surface area contributed by atoms with Crippen LogP contribution in [0.25, 0.3) is 11.4 Å². The zero-order valence-electron chi connectivity index (χ0n) is 10.6. The molecule has 1 aromatic heterocycles. The first-order chi connectivity index (χ1) is 9.11. The van der Waals surface area contributed by atoms with Crippen LogP contribution in [0.5, 0.6) is 5.75 Å². The van der Waals surface area contributed by atoms with Crippen LogP contribution < -0.4 is 4.74 Å². The van der Waals surface area contributed by atoms with Crippen molar-refractivity contribution in [1.29, 1.82) is 0 Å². The summed E-state index contributed by atoms with van der Waals surface area (Å²) in [5.41, 5.74) is 0.808. The SMILES string of the molecule is COc1ccc(-c2nnnn2C(C)CC(=O)O)cc1. The average molecular weight is 262 g/mol. The number of hydrogen-bond acceptors (Lipinski definition) is 5. The lowest BCUT2D eigenvalue weighted by molar-refractivity contribution is -0.137. The molecule has 0 aliphatic carbocycles. The maximum absolute atomic E-state index is 10.7. The number of methoxy groups -OCH3 is 1. The number of carbonyl (C=O) groups is 1. The number of carboxylic acids is 1. The van der Waals surface area contributed by atoms with Crippen LogP contribution in [-0.2, 0) is 4.79 Å². The fourth-order valence-corrected chi connectivity index (χ4v) is 1.76. The van der Waals surface area contributed by atoms with Gasteiger partial charge in [0.25, 0.3) is 0 Å². The fraction of sp³-hybridized carbons (Fsp3) is 0.333. The van der Waals surface area contributed by atoms with Crippen molar-refractivity contribution in [2.24, 2.45) is 0 Å². The third-order valence-corrected chi connectivity index (χ3v) is 2.73. The van der Waals surface area contributed by atoms with E-state index in [0.29, 0.717) is 5.82 Å². The van der Waals surface area contributed by atoms with E-state index in [1.54, 1.807) is 26.2 Å². The Bertz CT molecular complexity index is 565. The van der Waals surface area contributed by atoms with Crippen LogP contribution in [0, 0.1) is 0 Å². The van der Waals surface area contributed by atoms with E-state index in [1.807, 2.05) is 12.1 Å². The molecule has 0 saturated carbocycles. The van der Waals surface area contributed by atoms with Crippen LogP contribution in [0.3, 0.4) is 0 Å². The van der Waals surface area contributed by atoms with Gasteiger partial charge in [-0.1, -0.05) is 0 Å². The summed E-state index contributed by atoms with van der Waals surface area (Å²) in [6.07, 6.45) is -0.0335. The van der Waals surface area contributed by atoms with Crippen LogP contribution in [0.2, 0.25) is 0 Å². The molecule has 2 rings (SSSR count). The molecule has 0 saturated heterocycles. The molecule has 2 aromatic rings. The zero-order chi connectivity index (χ0) is 13.8. The molecule has 1 aromatic carbocycles. The summed E-state index contributed by atoms with van der Waals surface area (Å²) in [7, 11) is 1.59. The van der Waals surface area contributed by atoms with Gasteiger partial charge in [-0.3, -0.25) is 4.79 Å². The number of ether oxygens (including phenoxy) is 1. The smallest absolute Gasteiger partial charge is 0.305 e. The molecule has 0 spiro atoms. The topological polar surface area (TPSA) is 90.1 Å². The van der Waals surface area contributed by atoms with E-state index in [9.17, 15) is 4.79 Å². The maximum Gasteiger partial charge on any atom is 0.305 e. The molecule has 7 nitrogen and oxygen atoms in total. The maximum atomic E-state index is 10.7. The Hall–Kier alpha value is -2.44. The lowest BCUT2D eigenvalue weighted by atomic mass is 10.2. The van der Waals surface area contributed by atoms with Gasteiger partial charge in [0.2, 0.25) is 0 Å².